The Hall–Kier alpha value is -1.23. The third-order valence-corrected chi connectivity index (χ3v) is 5.22. The second-order valence-electron chi connectivity index (χ2n) is 6.62. The van der Waals surface area contributed by atoms with Crippen molar-refractivity contribution in [2.24, 2.45) is 0 Å². The van der Waals surface area contributed by atoms with Crippen LogP contribution in [-0.4, -0.2) is 41.4 Å². The number of aliphatic hydroxyl groups excluding tert-OH is 1. The van der Waals surface area contributed by atoms with Gasteiger partial charge in [0, 0.05) is 18.6 Å². The van der Waals surface area contributed by atoms with Crippen LogP contribution in [0.15, 0.2) is 24.8 Å². The molecule has 0 spiro atoms. The first-order valence-electron chi connectivity index (χ1n) is 8.75. The summed E-state index contributed by atoms with van der Waals surface area (Å²) in [5.41, 5.74) is 1.13. The maximum absolute atomic E-state index is 9.96. The molecule has 2 aliphatic rings. The number of aliphatic hydroxyl groups is 1. The van der Waals surface area contributed by atoms with E-state index in [0.717, 1.165) is 24.9 Å². The molecule has 2 bridgehead atoms. The Bertz CT molecular complexity index is 578. The van der Waals surface area contributed by atoms with E-state index in [1.165, 1.54) is 12.8 Å². The quantitative estimate of drug-likeness (QED) is 0.759. The summed E-state index contributed by atoms with van der Waals surface area (Å²) >= 11 is 6.44. The summed E-state index contributed by atoms with van der Waals surface area (Å²) in [6.45, 7) is 7.41. The smallest absolute Gasteiger partial charge is 0.180 e. The van der Waals surface area contributed by atoms with Gasteiger partial charge in [-0.25, -0.2) is 0 Å². The molecule has 4 nitrogen and oxygen atoms in total. The highest BCUT2D eigenvalue weighted by molar-refractivity contribution is 6.32. The minimum atomic E-state index is -0.143. The maximum Gasteiger partial charge on any atom is 0.180 e. The van der Waals surface area contributed by atoms with E-state index in [9.17, 15) is 5.11 Å². The minimum absolute atomic E-state index is 0.143. The van der Waals surface area contributed by atoms with E-state index in [1.807, 2.05) is 19.1 Å². The number of hydrogen-bond acceptors (Lipinski definition) is 4. The van der Waals surface area contributed by atoms with Crippen molar-refractivity contribution in [1.29, 1.82) is 0 Å². The van der Waals surface area contributed by atoms with E-state index < -0.39 is 0 Å². The first-order valence-corrected chi connectivity index (χ1v) is 9.12. The van der Waals surface area contributed by atoms with Crippen LogP contribution in [0.4, 0.5) is 0 Å². The van der Waals surface area contributed by atoms with Crippen LogP contribution in [0.25, 0.3) is 0 Å². The van der Waals surface area contributed by atoms with Gasteiger partial charge in [0.25, 0.3) is 0 Å². The molecule has 1 unspecified atom stereocenters. The van der Waals surface area contributed by atoms with Crippen molar-refractivity contribution < 1.29 is 14.6 Å². The number of fused-ring (bicyclic) bond motifs is 2. The molecule has 2 aliphatic heterocycles. The lowest BCUT2D eigenvalue weighted by molar-refractivity contribution is 0.0310. The van der Waals surface area contributed by atoms with Crippen molar-refractivity contribution >= 4 is 11.6 Å². The zero-order chi connectivity index (χ0) is 17.1. The Morgan fingerprint density at radius 3 is 2.62 bits per heavy atom. The number of rotatable bonds is 7. The second-order valence-corrected chi connectivity index (χ2v) is 7.03. The molecule has 1 aromatic rings. The molecular weight excluding hydrogens is 326 g/mol. The standard InChI is InChI=1S/C19H26ClNO3/c1-3-7-24-19-17(20)8-13(9-18(19)23-4-2)12-21-14-5-6-15(21)11-16(22)10-14/h3,8-9,14-16,22H,1,4-7,10-12H2,2H3/t14-,15+,16?. The van der Waals surface area contributed by atoms with Gasteiger partial charge in [-0.3, -0.25) is 4.90 Å². The fraction of sp³-hybridized carbons (Fsp3) is 0.579. The molecule has 1 N–H and O–H groups in total. The average Bonchev–Trinajstić information content (AvgIpc) is 2.78. The van der Waals surface area contributed by atoms with Gasteiger partial charge in [-0.05, 0) is 50.3 Å². The van der Waals surface area contributed by atoms with Gasteiger partial charge < -0.3 is 14.6 Å². The molecule has 0 saturated carbocycles. The molecule has 3 atom stereocenters. The van der Waals surface area contributed by atoms with Crippen molar-refractivity contribution in [3.05, 3.63) is 35.4 Å². The van der Waals surface area contributed by atoms with Gasteiger partial charge in [0.15, 0.2) is 11.5 Å². The molecule has 2 saturated heterocycles. The summed E-state index contributed by atoms with van der Waals surface area (Å²) in [6.07, 6.45) is 5.65. The molecule has 2 heterocycles. The summed E-state index contributed by atoms with van der Waals surface area (Å²) in [5, 5.41) is 10.5. The first-order chi connectivity index (χ1) is 11.6. The highest BCUT2D eigenvalue weighted by Crippen LogP contribution is 2.40. The molecular formula is C19H26ClNO3. The summed E-state index contributed by atoms with van der Waals surface area (Å²) in [4.78, 5) is 2.51. The zero-order valence-electron chi connectivity index (χ0n) is 14.2. The lowest BCUT2D eigenvalue weighted by Crippen LogP contribution is -2.44. The van der Waals surface area contributed by atoms with Crippen molar-refractivity contribution in [3.63, 3.8) is 0 Å². The Morgan fingerprint density at radius 2 is 2.00 bits per heavy atom. The highest BCUT2D eigenvalue weighted by Gasteiger charge is 2.40. The first kappa shape index (κ1) is 17.6. The molecule has 1 aromatic carbocycles. The van der Waals surface area contributed by atoms with Crippen LogP contribution >= 0.6 is 11.6 Å². The van der Waals surface area contributed by atoms with E-state index in [1.54, 1.807) is 6.08 Å². The second kappa shape index (κ2) is 7.77. The molecule has 2 fully saturated rings. The SMILES string of the molecule is C=CCOc1c(Cl)cc(CN2[C@@H]3CC[C@H]2CC(O)C3)cc1OCC. The Kier molecular flexibility index (Phi) is 5.69. The molecule has 0 aliphatic carbocycles. The number of ether oxygens (including phenoxy) is 2. The minimum Gasteiger partial charge on any atom is -0.490 e. The largest absolute Gasteiger partial charge is 0.490 e. The molecule has 3 rings (SSSR count). The average molecular weight is 352 g/mol. The van der Waals surface area contributed by atoms with Crippen LogP contribution in [0, 0.1) is 0 Å². The molecule has 5 heteroatoms. The number of nitrogens with zero attached hydrogens (tertiary/aromatic N) is 1. The summed E-state index contributed by atoms with van der Waals surface area (Å²) < 4.78 is 11.4. The monoisotopic (exact) mass is 351 g/mol. The van der Waals surface area contributed by atoms with Crippen molar-refractivity contribution in [2.45, 2.75) is 57.3 Å². The van der Waals surface area contributed by atoms with E-state index >= 15 is 0 Å². The van der Waals surface area contributed by atoms with E-state index in [0.29, 0.717) is 41.8 Å². The summed E-state index contributed by atoms with van der Waals surface area (Å²) in [6, 6.07) is 4.94. The van der Waals surface area contributed by atoms with E-state index in [-0.39, 0.29) is 6.10 Å². The molecule has 0 amide bonds. The predicted octanol–water partition coefficient (Wildman–Crippen LogP) is 3.79. The molecule has 132 valence electrons. The van der Waals surface area contributed by atoms with Gasteiger partial charge >= 0.3 is 0 Å². The predicted molar refractivity (Wildman–Crippen MR) is 95.9 cm³/mol. The highest BCUT2D eigenvalue weighted by atomic mass is 35.5. The van der Waals surface area contributed by atoms with Gasteiger partial charge in [-0.15, -0.1) is 0 Å². The fourth-order valence-electron chi connectivity index (χ4n) is 3.97. The lowest BCUT2D eigenvalue weighted by atomic mass is 9.99. The van der Waals surface area contributed by atoms with Crippen molar-refractivity contribution in [3.8, 4) is 11.5 Å². The van der Waals surface area contributed by atoms with Gasteiger partial charge in [-0.1, -0.05) is 24.3 Å². The van der Waals surface area contributed by atoms with E-state index in [4.69, 9.17) is 21.1 Å². The normalized spacial score (nSPS) is 26.4. The Labute approximate surface area is 149 Å². The summed E-state index contributed by atoms with van der Waals surface area (Å²) in [7, 11) is 0. The topological polar surface area (TPSA) is 41.9 Å². The van der Waals surface area contributed by atoms with Gasteiger partial charge in [0.1, 0.15) is 6.61 Å². The van der Waals surface area contributed by atoms with Gasteiger partial charge in [0.05, 0.1) is 17.7 Å². The Morgan fingerprint density at radius 1 is 1.29 bits per heavy atom. The number of piperidine rings is 1. The van der Waals surface area contributed by atoms with E-state index in [2.05, 4.69) is 11.5 Å². The third kappa shape index (κ3) is 3.71. The molecule has 0 aromatic heterocycles. The van der Waals surface area contributed by atoms with Crippen LogP contribution in [0.2, 0.25) is 5.02 Å². The number of halogens is 1. The van der Waals surface area contributed by atoms with Crippen LogP contribution in [-0.2, 0) is 6.54 Å². The van der Waals surface area contributed by atoms with Gasteiger partial charge in [-0.2, -0.15) is 0 Å². The molecule has 24 heavy (non-hydrogen) atoms. The number of benzene rings is 1. The van der Waals surface area contributed by atoms with Crippen LogP contribution in [0.3, 0.4) is 0 Å². The molecule has 0 radical (unpaired) electrons. The van der Waals surface area contributed by atoms with Crippen molar-refractivity contribution in [1.82, 2.24) is 4.90 Å². The third-order valence-electron chi connectivity index (χ3n) is 4.94. The number of hydrogen-bond donors (Lipinski definition) is 1. The lowest BCUT2D eigenvalue weighted by Gasteiger charge is -2.37. The Balaban J connectivity index is 1.79. The summed E-state index contributed by atoms with van der Waals surface area (Å²) in [5.74, 6) is 1.27. The fourth-order valence-corrected chi connectivity index (χ4v) is 4.26. The van der Waals surface area contributed by atoms with Crippen LogP contribution in [0.1, 0.15) is 38.2 Å². The van der Waals surface area contributed by atoms with Crippen LogP contribution < -0.4 is 9.47 Å². The van der Waals surface area contributed by atoms with Crippen molar-refractivity contribution in [2.75, 3.05) is 13.2 Å². The maximum atomic E-state index is 9.96. The van der Waals surface area contributed by atoms with Gasteiger partial charge in [0.2, 0.25) is 0 Å². The zero-order valence-corrected chi connectivity index (χ0v) is 15.0. The van der Waals surface area contributed by atoms with Crippen LogP contribution in [0.5, 0.6) is 11.5 Å².